The van der Waals surface area contributed by atoms with Gasteiger partial charge in [-0.15, -0.1) is 0 Å². The fraction of sp³-hybridized carbons (Fsp3) is 0.211. The third kappa shape index (κ3) is 2.93. The van der Waals surface area contributed by atoms with Gasteiger partial charge in [0.25, 0.3) is 0 Å². The molecular formula is C19H20N2O2. The maximum atomic E-state index is 11.7. The minimum Gasteiger partial charge on any atom is -0.497 e. The second-order valence-electron chi connectivity index (χ2n) is 5.65. The van der Waals surface area contributed by atoms with Crippen molar-refractivity contribution in [3.8, 4) is 5.75 Å². The monoisotopic (exact) mass is 308 g/mol. The third-order valence-corrected chi connectivity index (χ3v) is 4.05. The van der Waals surface area contributed by atoms with Crippen LogP contribution in [0.5, 0.6) is 5.75 Å². The molecule has 1 unspecified atom stereocenters. The summed E-state index contributed by atoms with van der Waals surface area (Å²) in [5.74, 6) is 0.735. The predicted molar refractivity (Wildman–Crippen MR) is 91.7 cm³/mol. The Morgan fingerprint density at radius 1 is 1.17 bits per heavy atom. The van der Waals surface area contributed by atoms with E-state index in [2.05, 4.69) is 23.3 Å². The van der Waals surface area contributed by atoms with Gasteiger partial charge in [0.15, 0.2) is 0 Å². The third-order valence-electron chi connectivity index (χ3n) is 4.05. The molecule has 2 aromatic carbocycles. The van der Waals surface area contributed by atoms with E-state index in [1.54, 1.807) is 7.11 Å². The van der Waals surface area contributed by atoms with Gasteiger partial charge in [-0.1, -0.05) is 24.3 Å². The van der Waals surface area contributed by atoms with E-state index in [4.69, 9.17) is 4.74 Å². The number of methoxy groups -OCH3 is 1. The van der Waals surface area contributed by atoms with Crippen LogP contribution in [0.1, 0.15) is 29.7 Å². The average molecular weight is 308 g/mol. The number of H-pyrrole nitrogens is 1. The largest absolute Gasteiger partial charge is 0.497 e. The van der Waals surface area contributed by atoms with Crippen molar-refractivity contribution in [2.45, 2.75) is 19.9 Å². The van der Waals surface area contributed by atoms with Gasteiger partial charge in [0.05, 0.1) is 13.2 Å². The summed E-state index contributed by atoms with van der Waals surface area (Å²) in [5.41, 5.74) is 4.34. The van der Waals surface area contributed by atoms with E-state index in [0.29, 0.717) is 0 Å². The first-order chi connectivity index (χ1) is 11.1. The molecule has 23 heavy (non-hydrogen) atoms. The van der Waals surface area contributed by atoms with Crippen LogP contribution in [0, 0.1) is 6.92 Å². The zero-order valence-electron chi connectivity index (χ0n) is 13.5. The van der Waals surface area contributed by atoms with Crippen LogP contribution in [0.4, 0.5) is 0 Å². The molecule has 0 saturated carbocycles. The molecule has 0 radical (unpaired) electrons. The lowest BCUT2D eigenvalue weighted by Crippen LogP contribution is -2.26. The highest BCUT2D eigenvalue weighted by Crippen LogP contribution is 2.31. The van der Waals surface area contributed by atoms with Gasteiger partial charge in [0, 0.05) is 29.6 Å². The zero-order valence-corrected chi connectivity index (χ0v) is 13.5. The number of aromatic nitrogens is 1. The van der Waals surface area contributed by atoms with E-state index in [9.17, 15) is 4.79 Å². The van der Waals surface area contributed by atoms with Crippen molar-refractivity contribution in [2.24, 2.45) is 0 Å². The molecular weight excluding hydrogens is 288 g/mol. The van der Waals surface area contributed by atoms with Gasteiger partial charge in [0.1, 0.15) is 5.75 Å². The fourth-order valence-electron chi connectivity index (χ4n) is 2.97. The van der Waals surface area contributed by atoms with Gasteiger partial charge in [-0.25, -0.2) is 0 Å². The summed E-state index contributed by atoms with van der Waals surface area (Å²) in [7, 11) is 1.64. The van der Waals surface area contributed by atoms with Crippen LogP contribution in [0.3, 0.4) is 0 Å². The smallest absolute Gasteiger partial charge is 0.217 e. The Morgan fingerprint density at radius 2 is 1.91 bits per heavy atom. The molecule has 118 valence electrons. The number of aryl methyl sites for hydroxylation is 1. The van der Waals surface area contributed by atoms with Crippen molar-refractivity contribution in [1.29, 1.82) is 0 Å². The van der Waals surface area contributed by atoms with Gasteiger partial charge in [-0.05, 0) is 36.2 Å². The molecule has 4 nitrogen and oxygen atoms in total. The molecule has 0 bridgehead atoms. The van der Waals surface area contributed by atoms with Crippen molar-refractivity contribution in [2.75, 3.05) is 7.11 Å². The first-order valence-electron chi connectivity index (χ1n) is 7.58. The molecule has 4 heteroatoms. The van der Waals surface area contributed by atoms with Gasteiger partial charge in [-0.3, -0.25) is 4.79 Å². The molecule has 3 aromatic rings. The van der Waals surface area contributed by atoms with Gasteiger partial charge in [0.2, 0.25) is 5.91 Å². The molecule has 0 fully saturated rings. The second kappa shape index (κ2) is 6.16. The summed E-state index contributed by atoms with van der Waals surface area (Å²) in [6, 6.07) is 13.7. The number of hydrogen-bond acceptors (Lipinski definition) is 2. The average Bonchev–Trinajstić information content (AvgIpc) is 2.98. The SMILES string of the molecule is COc1ccc(C(NC(C)=O)c2c[nH]c3cccc(C)c23)cc1. The summed E-state index contributed by atoms with van der Waals surface area (Å²) >= 11 is 0. The predicted octanol–water partition coefficient (Wildman–Crippen LogP) is 3.71. The standard InChI is InChI=1S/C19H20N2O2/c1-12-5-4-6-17-18(12)16(11-20-17)19(21-13(2)22)14-7-9-15(23-3)10-8-14/h4-11,19-20H,1-3H3,(H,21,22). The number of nitrogens with one attached hydrogen (secondary N) is 2. The maximum absolute atomic E-state index is 11.7. The fourth-order valence-corrected chi connectivity index (χ4v) is 2.97. The number of hydrogen-bond donors (Lipinski definition) is 2. The number of carbonyl (C=O) groups is 1. The molecule has 1 aromatic heterocycles. The summed E-state index contributed by atoms with van der Waals surface area (Å²) in [6.07, 6.45) is 1.97. The highest BCUT2D eigenvalue weighted by molar-refractivity contribution is 5.88. The van der Waals surface area contributed by atoms with Crippen molar-refractivity contribution in [3.63, 3.8) is 0 Å². The Bertz CT molecular complexity index is 834. The van der Waals surface area contributed by atoms with Gasteiger partial charge >= 0.3 is 0 Å². The topological polar surface area (TPSA) is 54.1 Å². The molecule has 0 saturated heterocycles. The van der Waals surface area contributed by atoms with Crippen molar-refractivity contribution >= 4 is 16.8 Å². The Morgan fingerprint density at radius 3 is 2.57 bits per heavy atom. The van der Waals surface area contributed by atoms with Crippen LogP contribution in [-0.4, -0.2) is 18.0 Å². The van der Waals surface area contributed by atoms with E-state index >= 15 is 0 Å². The molecule has 0 spiro atoms. The lowest BCUT2D eigenvalue weighted by atomic mass is 9.96. The molecule has 1 heterocycles. The number of aromatic amines is 1. The number of amides is 1. The number of ether oxygens (including phenoxy) is 1. The zero-order chi connectivity index (χ0) is 16.4. The quantitative estimate of drug-likeness (QED) is 0.772. The number of fused-ring (bicyclic) bond motifs is 1. The lowest BCUT2D eigenvalue weighted by molar-refractivity contribution is -0.119. The van der Waals surface area contributed by atoms with E-state index in [1.165, 1.54) is 12.5 Å². The maximum Gasteiger partial charge on any atom is 0.217 e. The van der Waals surface area contributed by atoms with Crippen LogP contribution in [-0.2, 0) is 4.79 Å². The summed E-state index contributed by atoms with van der Waals surface area (Å²) < 4.78 is 5.22. The minimum atomic E-state index is -0.201. The van der Waals surface area contributed by atoms with E-state index in [-0.39, 0.29) is 11.9 Å². The second-order valence-corrected chi connectivity index (χ2v) is 5.65. The molecule has 0 aliphatic heterocycles. The van der Waals surface area contributed by atoms with Crippen LogP contribution >= 0.6 is 0 Å². The Hall–Kier alpha value is -2.75. The van der Waals surface area contributed by atoms with Crippen molar-refractivity contribution in [1.82, 2.24) is 10.3 Å². The van der Waals surface area contributed by atoms with E-state index in [1.807, 2.05) is 42.6 Å². The van der Waals surface area contributed by atoms with Gasteiger partial charge in [-0.2, -0.15) is 0 Å². The normalized spacial score (nSPS) is 12.1. The first kappa shape index (κ1) is 15.2. The number of benzene rings is 2. The lowest BCUT2D eigenvalue weighted by Gasteiger charge is -2.19. The van der Waals surface area contributed by atoms with Crippen LogP contribution in [0.15, 0.2) is 48.7 Å². The summed E-state index contributed by atoms with van der Waals surface area (Å²) in [6.45, 7) is 3.62. The molecule has 0 aliphatic rings. The van der Waals surface area contributed by atoms with Crippen molar-refractivity contribution < 1.29 is 9.53 Å². The summed E-state index contributed by atoms with van der Waals surface area (Å²) in [5, 5.41) is 4.21. The molecule has 2 N–H and O–H groups in total. The molecule has 1 atom stereocenters. The minimum absolute atomic E-state index is 0.0613. The number of carbonyl (C=O) groups excluding carboxylic acids is 1. The van der Waals surface area contributed by atoms with Crippen LogP contribution in [0.25, 0.3) is 10.9 Å². The molecule has 0 aliphatic carbocycles. The molecule has 1 amide bonds. The van der Waals surface area contributed by atoms with E-state index in [0.717, 1.165) is 27.8 Å². The first-order valence-corrected chi connectivity index (χ1v) is 7.58. The van der Waals surface area contributed by atoms with E-state index < -0.39 is 0 Å². The van der Waals surface area contributed by atoms with Crippen LogP contribution < -0.4 is 10.1 Å². The highest BCUT2D eigenvalue weighted by atomic mass is 16.5. The Kier molecular flexibility index (Phi) is 4.06. The summed E-state index contributed by atoms with van der Waals surface area (Å²) in [4.78, 5) is 15.0. The Balaban J connectivity index is 2.12. The van der Waals surface area contributed by atoms with Crippen molar-refractivity contribution in [3.05, 3.63) is 65.4 Å². The molecule has 3 rings (SSSR count). The number of rotatable bonds is 4. The highest BCUT2D eigenvalue weighted by Gasteiger charge is 2.20. The Labute approximate surface area is 135 Å². The van der Waals surface area contributed by atoms with Crippen LogP contribution in [0.2, 0.25) is 0 Å². The van der Waals surface area contributed by atoms with Gasteiger partial charge < -0.3 is 15.0 Å².